The molecule has 0 aliphatic heterocycles. The molecule has 0 amide bonds. The molecule has 6 heteroatoms. The molecular formula is C11H18N2O2S2. The highest BCUT2D eigenvalue weighted by Gasteiger charge is 2.17. The fourth-order valence-electron chi connectivity index (χ4n) is 1.29. The number of hydrogen-bond donors (Lipinski definition) is 1. The van der Waals surface area contributed by atoms with Gasteiger partial charge in [0.05, 0.1) is 5.75 Å². The highest BCUT2D eigenvalue weighted by molar-refractivity contribution is 7.98. The van der Waals surface area contributed by atoms with Crippen molar-refractivity contribution < 1.29 is 8.42 Å². The van der Waals surface area contributed by atoms with Gasteiger partial charge < -0.3 is 5.73 Å². The van der Waals surface area contributed by atoms with Crippen molar-refractivity contribution in [3.8, 4) is 0 Å². The molecule has 2 N–H and O–H groups in total. The van der Waals surface area contributed by atoms with Gasteiger partial charge in [0.1, 0.15) is 0 Å². The summed E-state index contributed by atoms with van der Waals surface area (Å²) in [6.07, 6.45) is 1.96. The van der Waals surface area contributed by atoms with Crippen LogP contribution in [0.4, 0.5) is 5.69 Å². The third-order valence-electron chi connectivity index (χ3n) is 2.41. The van der Waals surface area contributed by atoms with Crippen molar-refractivity contribution >= 4 is 27.5 Å². The van der Waals surface area contributed by atoms with E-state index < -0.39 is 10.0 Å². The molecule has 0 aliphatic carbocycles. The Hall–Kier alpha value is -0.720. The Morgan fingerprint density at radius 3 is 2.41 bits per heavy atom. The number of nitrogens with zero attached hydrogens (tertiary/aromatic N) is 1. The van der Waals surface area contributed by atoms with Crippen molar-refractivity contribution in [2.45, 2.75) is 5.75 Å². The van der Waals surface area contributed by atoms with Crippen molar-refractivity contribution in [2.75, 3.05) is 31.3 Å². The summed E-state index contributed by atoms with van der Waals surface area (Å²) in [5, 5.41) is 0. The first-order valence-corrected chi connectivity index (χ1v) is 8.23. The van der Waals surface area contributed by atoms with Crippen molar-refractivity contribution in [3.63, 3.8) is 0 Å². The average molecular weight is 274 g/mol. The third kappa shape index (κ3) is 4.57. The van der Waals surface area contributed by atoms with Crippen LogP contribution in [0.5, 0.6) is 0 Å². The van der Waals surface area contributed by atoms with E-state index in [-0.39, 0.29) is 5.75 Å². The van der Waals surface area contributed by atoms with Crippen LogP contribution in [-0.4, -0.2) is 38.3 Å². The molecule has 17 heavy (non-hydrogen) atoms. The fraction of sp³-hybridized carbons (Fsp3) is 0.455. The third-order valence-corrected chi connectivity index (χ3v) is 4.84. The molecule has 0 heterocycles. The van der Waals surface area contributed by atoms with Crippen LogP contribution in [0.1, 0.15) is 5.56 Å². The van der Waals surface area contributed by atoms with Crippen molar-refractivity contribution in [1.82, 2.24) is 4.31 Å². The normalized spacial score (nSPS) is 11.9. The van der Waals surface area contributed by atoms with E-state index in [0.717, 1.165) is 11.3 Å². The van der Waals surface area contributed by atoms with Gasteiger partial charge in [0.25, 0.3) is 0 Å². The molecule has 0 saturated carbocycles. The molecule has 0 radical (unpaired) electrons. The SMILES string of the molecule is CSCCN(C)S(=O)(=O)Cc1ccc(N)cc1. The van der Waals surface area contributed by atoms with E-state index in [4.69, 9.17) is 5.73 Å². The summed E-state index contributed by atoms with van der Waals surface area (Å²) in [7, 11) is -1.61. The molecule has 96 valence electrons. The molecule has 0 bridgehead atoms. The smallest absolute Gasteiger partial charge is 0.218 e. The minimum atomic E-state index is -3.22. The minimum Gasteiger partial charge on any atom is -0.399 e. The van der Waals surface area contributed by atoms with E-state index in [1.165, 1.54) is 4.31 Å². The fourth-order valence-corrected chi connectivity index (χ4v) is 3.07. The van der Waals surface area contributed by atoms with Crippen molar-refractivity contribution in [3.05, 3.63) is 29.8 Å². The molecule has 0 aromatic heterocycles. The molecule has 0 spiro atoms. The molecule has 0 unspecified atom stereocenters. The lowest BCUT2D eigenvalue weighted by molar-refractivity contribution is 0.488. The molecule has 1 aromatic carbocycles. The van der Waals surface area contributed by atoms with Crippen LogP contribution in [0.2, 0.25) is 0 Å². The van der Waals surface area contributed by atoms with E-state index in [9.17, 15) is 8.42 Å². The van der Waals surface area contributed by atoms with Gasteiger partial charge in [-0.3, -0.25) is 0 Å². The quantitative estimate of drug-likeness (QED) is 0.796. The predicted molar refractivity (Wildman–Crippen MR) is 74.5 cm³/mol. The van der Waals surface area contributed by atoms with Crippen molar-refractivity contribution in [1.29, 1.82) is 0 Å². The van der Waals surface area contributed by atoms with E-state index in [2.05, 4.69) is 0 Å². The lowest BCUT2D eigenvalue weighted by Gasteiger charge is -2.16. The molecule has 0 fully saturated rings. The summed E-state index contributed by atoms with van der Waals surface area (Å²) in [5.74, 6) is 0.829. The number of thioether (sulfide) groups is 1. The molecule has 1 rings (SSSR count). The monoisotopic (exact) mass is 274 g/mol. The predicted octanol–water partition coefficient (Wildman–Crippen LogP) is 1.39. The lowest BCUT2D eigenvalue weighted by Crippen LogP contribution is -2.30. The summed E-state index contributed by atoms with van der Waals surface area (Å²) in [6, 6.07) is 6.92. The maximum absolute atomic E-state index is 12.0. The first kappa shape index (κ1) is 14.3. The maximum Gasteiger partial charge on any atom is 0.218 e. The van der Waals surface area contributed by atoms with Gasteiger partial charge in [0, 0.05) is 25.0 Å². The van der Waals surface area contributed by atoms with Gasteiger partial charge in [0.2, 0.25) is 10.0 Å². The zero-order valence-corrected chi connectivity index (χ0v) is 11.7. The Labute approximate surface area is 107 Å². The molecule has 0 aliphatic rings. The number of anilines is 1. The van der Waals surface area contributed by atoms with Crippen molar-refractivity contribution in [2.24, 2.45) is 0 Å². The summed E-state index contributed by atoms with van der Waals surface area (Å²) < 4.78 is 25.4. The van der Waals surface area contributed by atoms with Crippen LogP contribution in [0.15, 0.2) is 24.3 Å². The van der Waals surface area contributed by atoms with Gasteiger partial charge in [0.15, 0.2) is 0 Å². The highest BCUT2D eigenvalue weighted by atomic mass is 32.2. The molecule has 0 saturated heterocycles. The molecule has 1 aromatic rings. The highest BCUT2D eigenvalue weighted by Crippen LogP contribution is 2.12. The van der Waals surface area contributed by atoms with E-state index in [1.54, 1.807) is 43.1 Å². The first-order chi connectivity index (χ1) is 7.95. The Kier molecular flexibility index (Phi) is 5.30. The Morgan fingerprint density at radius 2 is 1.88 bits per heavy atom. The largest absolute Gasteiger partial charge is 0.399 e. The molecule has 4 nitrogen and oxygen atoms in total. The standard InChI is InChI=1S/C11H18N2O2S2/c1-13(7-8-16-2)17(14,15)9-10-3-5-11(12)6-4-10/h3-6H,7-9,12H2,1-2H3. The zero-order valence-electron chi connectivity index (χ0n) is 10.1. The van der Waals surface area contributed by atoms with Gasteiger partial charge in [-0.2, -0.15) is 11.8 Å². The lowest BCUT2D eigenvalue weighted by atomic mass is 10.2. The van der Waals surface area contributed by atoms with Crippen LogP contribution < -0.4 is 5.73 Å². The number of nitrogens with two attached hydrogens (primary N) is 1. The summed E-state index contributed by atoms with van der Waals surface area (Å²) >= 11 is 1.63. The first-order valence-electron chi connectivity index (χ1n) is 5.23. The van der Waals surface area contributed by atoms with Crippen LogP contribution in [0.3, 0.4) is 0 Å². The Bertz CT molecular complexity index is 443. The van der Waals surface area contributed by atoms with E-state index in [1.807, 2.05) is 6.26 Å². The zero-order chi connectivity index (χ0) is 12.9. The second kappa shape index (κ2) is 6.28. The Morgan fingerprint density at radius 1 is 1.29 bits per heavy atom. The number of benzene rings is 1. The van der Waals surface area contributed by atoms with E-state index in [0.29, 0.717) is 12.2 Å². The van der Waals surface area contributed by atoms with Crippen LogP contribution >= 0.6 is 11.8 Å². The number of nitrogen functional groups attached to an aromatic ring is 1. The van der Waals surface area contributed by atoms with Gasteiger partial charge in [-0.25, -0.2) is 12.7 Å². The van der Waals surface area contributed by atoms with E-state index >= 15 is 0 Å². The number of sulfonamides is 1. The average Bonchev–Trinajstić information content (AvgIpc) is 2.28. The Balaban J connectivity index is 2.69. The second-order valence-electron chi connectivity index (χ2n) is 3.81. The van der Waals surface area contributed by atoms with Gasteiger partial charge in [-0.1, -0.05) is 12.1 Å². The second-order valence-corrected chi connectivity index (χ2v) is 6.87. The van der Waals surface area contributed by atoms with Gasteiger partial charge in [-0.15, -0.1) is 0 Å². The maximum atomic E-state index is 12.0. The topological polar surface area (TPSA) is 63.4 Å². The number of rotatable bonds is 6. The summed E-state index contributed by atoms with van der Waals surface area (Å²) in [5.41, 5.74) is 6.95. The van der Waals surface area contributed by atoms with Crippen LogP contribution in [0.25, 0.3) is 0 Å². The number of hydrogen-bond acceptors (Lipinski definition) is 4. The van der Waals surface area contributed by atoms with Gasteiger partial charge in [-0.05, 0) is 24.0 Å². The summed E-state index contributed by atoms with van der Waals surface area (Å²) in [4.78, 5) is 0. The minimum absolute atomic E-state index is 0.0260. The van der Waals surface area contributed by atoms with Gasteiger partial charge >= 0.3 is 0 Å². The van der Waals surface area contributed by atoms with Crippen LogP contribution in [-0.2, 0) is 15.8 Å². The molecule has 0 atom stereocenters. The summed E-state index contributed by atoms with van der Waals surface area (Å²) in [6.45, 7) is 0.540. The molecular weight excluding hydrogens is 256 g/mol. The van der Waals surface area contributed by atoms with Crippen LogP contribution in [0, 0.1) is 0 Å².